The van der Waals surface area contributed by atoms with Crippen LogP contribution in [0.5, 0.6) is 0 Å². The van der Waals surface area contributed by atoms with Gasteiger partial charge < -0.3 is 5.11 Å². The predicted molar refractivity (Wildman–Crippen MR) is 62.4 cm³/mol. The Balaban J connectivity index is 2.92. The smallest absolute Gasteiger partial charge is 0.320 e. The fourth-order valence-electron chi connectivity index (χ4n) is 1.04. The summed E-state index contributed by atoms with van der Waals surface area (Å²) >= 11 is 0. The third-order valence-electron chi connectivity index (χ3n) is 1.70. The molecule has 1 aromatic heterocycles. The van der Waals surface area contributed by atoms with Crippen molar-refractivity contribution in [3.05, 3.63) is 18.3 Å². The number of aromatic nitrogens is 1. The molecule has 0 saturated heterocycles. The number of carboxylic acid groups (broad SMARTS) is 1. The van der Waals surface area contributed by atoms with Crippen LogP contribution in [-0.4, -0.2) is 44.9 Å². The van der Waals surface area contributed by atoms with Gasteiger partial charge in [0.05, 0.1) is 11.9 Å². The standard InChI is InChI=1S/C8H10N2O6S2/c1-17(13,14)7-3-2-6(4-9-7)10-18(15,16)5-8(11)12/h2-4,10H,5H2,1H3,(H,11,12). The molecule has 1 rings (SSSR count). The topological polar surface area (TPSA) is 130 Å². The summed E-state index contributed by atoms with van der Waals surface area (Å²) in [6.45, 7) is 0. The maximum absolute atomic E-state index is 11.3. The molecule has 0 aromatic carbocycles. The molecule has 18 heavy (non-hydrogen) atoms. The summed E-state index contributed by atoms with van der Waals surface area (Å²) in [7, 11) is -7.49. The van der Waals surface area contributed by atoms with Gasteiger partial charge in [-0.05, 0) is 12.1 Å². The molecule has 0 aliphatic rings. The lowest BCUT2D eigenvalue weighted by molar-refractivity contribution is -0.134. The second kappa shape index (κ2) is 4.90. The molecule has 0 aliphatic carbocycles. The molecule has 0 radical (unpaired) electrons. The molecule has 0 fully saturated rings. The molecule has 0 saturated carbocycles. The Morgan fingerprint density at radius 1 is 1.33 bits per heavy atom. The van der Waals surface area contributed by atoms with Crippen LogP contribution in [0.25, 0.3) is 0 Å². The number of carbonyl (C=O) groups is 1. The van der Waals surface area contributed by atoms with E-state index >= 15 is 0 Å². The number of hydrogen-bond donors (Lipinski definition) is 2. The van der Waals surface area contributed by atoms with Crippen LogP contribution in [-0.2, 0) is 24.7 Å². The Hall–Kier alpha value is -1.68. The van der Waals surface area contributed by atoms with Crippen LogP contribution in [0, 0.1) is 0 Å². The van der Waals surface area contributed by atoms with Crippen LogP contribution in [0.1, 0.15) is 0 Å². The maximum atomic E-state index is 11.3. The van der Waals surface area contributed by atoms with Crippen molar-refractivity contribution < 1.29 is 26.7 Å². The minimum Gasteiger partial charge on any atom is -0.480 e. The number of anilines is 1. The molecule has 8 nitrogen and oxygen atoms in total. The van der Waals surface area contributed by atoms with E-state index in [9.17, 15) is 21.6 Å². The molecule has 1 aromatic rings. The van der Waals surface area contributed by atoms with Gasteiger partial charge >= 0.3 is 5.97 Å². The first-order chi connectivity index (χ1) is 8.10. The summed E-state index contributed by atoms with van der Waals surface area (Å²) in [5.41, 5.74) is -0.0105. The van der Waals surface area contributed by atoms with Crippen LogP contribution in [0.3, 0.4) is 0 Å². The Morgan fingerprint density at radius 2 is 1.94 bits per heavy atom. The van der Waals surface area contributed by atoms with E-state index < -0.39 is 31.6 Å². The number of aliphatic carboxylic acids is 1. The number of sulfonamides is 1. The molecule has 2 N–H and O–H groups in total. The van der Waals surface area contributed by atoms with Crippen molar-refractivity contribution in [3.8, 4) is 0 Å². The summed E-state index contributed by atoms with van der Waals surface area (Å²) in [5.74, 6) is -2.58. The van der Waals surface area contributed by atoms with Gasteiger partial charge in [-0.15, -0.1) is 0 Å². The predicted octanol–water partition coefficient (Wildman–Crippen LogP) is -0.689. The fraction of sp³-hybridized carbons (Fsp3) is 0.250. The monoisotopic (exact) mass is 294 g/mol. The first kappa shape index (κ1) is 14.4. The van der Waals surface area contributed by atoms with Crippen molar-refractivity contribution in [1.29, 1.82) is 0 Å². The highest BCUT2D eigenvalue weighted by Crippen LogP contribution is 2.11. The van der Waals surface area contributed by atoms with E-state index in [0.29, 0.717) is 0 Å². The second-order valence-corrected chi connectivity index (χ2v) is 7.10. The molecule has 0 unspecified atom stereocenters. The number of carboxylic acids is 1. The number of hydrogen-bond acceptors (Lipinski definition) is 6. The summed E-state index contributed by atoms with van der Waals surface area (Å²) in [5, 5.41) is 8.16. The highest BCUT2D eigenvalue weighted by molar-refractivity contribution is 7.93. The third kappa shape index (κ3) is 4.30. The third-order valence-corrected chi connectivity index (χ3v) is 3.88. The summed E-state index contributed by atoms with van der Waals surface area (Å²) < 4.78 is 46.7. The molecular formula is C8H10N2O6S2. The fourth-order valence-corrected chi connectivity index (χ4v) is 2.47. The van der Waals surface area contributed by atoms with Gasteiger partial charge in [0.15, 0.2) is 20.6 Å². The molecule has 0 amide bonds. The first-order valence-electron chi connectivity index (χ1n) is 4.48. The number of nitrogens with one attached hydrogen (secondary N) is 1. The number of sulfone groups is 1. The van der Waals surface area contributed by atoms with Crippen LogP contribution < -0.4 is 4.72 Å². The lowest BCUT2D eigenvalue weighted by atomic mass is 10.4. The minimum absolute atomic E-state index is 0.0105. The van der Waals surface area contributed by atoms with Crippen LogP contribution in [0.4, 0.5) is 5.69 Å². The van der Waals surface area contributed by atoms with E-state index in [1.54, 1.807) is 0 Å². The Labute approximate surface area is 104 Å². The summed E-state index contributed by atoms with van der Waals surface area (Å²) in [6, 6.07) is 2.30. The van der Waals surface area contributed by atoms with Crippen molar-refractivity contribution in [2.45, 2.75) is 5.03 Å². The van der Waals surface area contributed by atoms with Gasteiger partial charge in [0.1, 0.15) is 0 Å². The van der Waals surface area contributed by atoms with Crippen molar-refractivity contribution in [2.75, 3.05) is 16.7 Å². The normalized spacial score (nSPS) is 12.1. The molecule has 100 valence electrons. The highest BCUT2D eigenvalue weighted by Gasteiger charge is 2.16. The molecule has 0 aliphatic heterocycles. The number of nitrogens with zero attached hydrogens (tertiary/aromatic N) is 1. The van der Waals surface area contributed by atoms with Gasteiger partial charge in [-0.2, -0.15) is 0 Å². The summed E-state index contributed by atoms with van der Waals surface area (Å²) in [6.07, 6.45) is 1.96. The molecular weight excluding hydrogens is 284 g/mol. The van der Waals surface area contributed by atoms with E-state index in [2.05, 4.69) is 4.98 Å². The van der Waals surface area contributed by atoms with E-state index in [-0.39, 0.29) is 10.7 Å². The molecule has 1 heterocycles. The average Bonchev–Trinajstić information content (AvgIpc) is 2.13. The Morgan fingerprint density at radius 3 is 2.33 bits per heavy atom. The highest BCUT2D eigenvalue weighted by atomic mass is 32.2. The molecule has 0 bridgehead atoms. The molecule has 0 spiro atoms. The van der Waals surface area contributed by atoms with Crippen molar-refractivity contribution in [2.24, 2.45) is 0 Å². The Kier molecular flexibility index (Phi) is 3.92. The largest absolute Gasteiger partial charge is 0.480 e. The Bertz CT molecular complexity index is 647. The van der Waals surface area contributed by atoms with Crippen molar-refractivity contribution in [1.82, 2.24) is 4.98 Å². The van der Waals surface area contributed by atoms with E-state index in [1.807, 2.05) is 4.72 Å². The zero-order valence-electron chi connectivity index (χ0n) is 9.19. The average molecular weight is 294 g/mol. The van der Waals surface area contributed by atoms with Crippen LogP contribution in [0.15, 0.2) is 23.4 Å². The zero-order valence-corrected chi connectivity index (χ0v) is 10.8. The zero-order chi connectivity index (χ0) is 14.0. The van der Waals surface area contributed by atoms with Gasteiger partial charge in [0, 0.05) is 6.26 Å². The van der Waals surface area contributed by atoms with E-state index in [1.165, 1.54) is 6.07 Å². The van der Waals surface area contributed by atoms with Gasteiger partial charge in [0.25, 0.3) is 0 Å². The molecule has 0 atom stereocenters. The van der Waals surface area contributed by atoms with Gasteiger partial charge in [-0.3, -0.25) is 9.52 Å². The SMILES string of the molecule is CS(=O)(=O)c1ccc(NS(=O)(=O)CC(=O)O)cn1. The first-order valence-corrected chi connectivity index (χ1v) is 8.03. The van der Waals surface area contributed by atoms with Gasteiger partial charge in [-0.25, -0.2) is 21.8 Å². The second-order valence-electron chi connectivity index (χ2n) is 3.41. The van der Waals surface area contributed by atoms with Crippen LogP contribution >= 0.6 is 0 Å². The minimum atomic E-state index is -4.02. The van der Waals surface area contributed by atoms with E-state index in [0.717, 1.165) is 18.5 Å². The lowest BCUT2D eigenvalue weighted by Gasteiger charge is -2.05. The van der Waals surface area contributed by atoms with Crippen LogP contribution in [0.2, 0.25) is 0 Å². The number of rotatable bonds is 5. The quantitative estimate of drug-likeness (QED) is 0.735. The summed E-state index contributed by atoms with van der Waals surface area (Å²) in [4.78, 5) is 13.8. The maximum Gasteiger partial charge on any atom is 0.320 e. The van der Waals surface area contributed by atoms with E-state index in [4.69, 9.17) is 5.11 Å². The van der Waals surface area contributed by atoms with Crippen molar-refractivity contribution in [3.63, 3.8) is 0 Å². The lowest BCUT2D eigenvalue weighted by Crippen LogP contribution is -2.22. The van der Waals surface area contributed by atoms with Gasteiger partial charge in [0.2, 0.25) is 10.0 Å². The van der Waals surface area contributed by atoms with Gasteiger partial charge in [-0.1, -0.05) is 0 Å². The van der Waals surface area contributed by atoms with Crippen molar-refractivity contribution >= 4 is 31.5 Å². The number of pyridine rings is 1. The molecule has 10 heteroatoms.